The molecule has 1 aliphatic rings. The van der Waals surface area contributed by atoms with E-state index in [-0.39, 0.29) is 11.6 Å². The average Bonchev–Trinajstić information content (AvgIpc) is 3.21. The molecule has 2 aromatic carbocycles. The van der Waals surface area contributed by atoms with Crippen LogP contribution >= 0.6 is 0 Å². The van der Waals surface area contributed by atoms with E-state index in [0.29, 0.717) is 18.9 Å². The number of aryl methyl sites for hydroxylation is 1. The minimum absolute atomic E-state index is 0.0349. The quantitative estimate of drug-likeness (QED) is 0.623. The van der Waals surface area contributed by atoms with Crippen LogP contribution < -0.4 is 9.21 Å². The van der Waals surface area contributed by atoms with Gasteiger partial charge in [-0.05, 0) is 29.8 Å². The van der Waals surface area contributed by atoms with Gasteiger partial charge in [0.05, 0.1) is 25.4 Å². The Balaban J connectivity index is 1.74. The van der Waals surface area contributed by atoms with E-state index >= 15 is 0 Å². The highest BCUT2D eigenvalue weighted by molar-refractivity contribution is 7.92. The van der Waals surface area contributed by atoms with Gasteiger partial charge in [0.15, 0.2) is 5.03 Å². The molecule has 1 fully saturated rings. The average molecular weight is 413 g/mol. The van der Waals surface area contributed by atoms with Gasteiger partial charge in [-0.15, -0.1) is 0 Å². The zero-order valence-electron chi connectivity index (χ0n) is 16.3. The summed E-state index contributed by atoms with van der Waals surface area (Å²) in [5.41, 5.74) is 2.51. The number of nitrogens with zero attached hydrogens (tertiary/aromatic N) is 4. The Labute approximate surface area is 171 Å². The Kier molecular flexibility index (Phi) is 5.55. The van der Waals surface area contributed by atoms with E-state index in [1.807, 2.05) is 54.6 Å². The maximum atomic E-state index is 13.5. The molecule has 0 radical (unpaired) electrons. The molecule has 152 valence electrons. The largest absolute Gasteiger partial charge is 0.378 e. The van der Waals surface area contributed by atoms with Crippen LogP contribution in [0.25, 0.3) is 0 Å². The summed E-state index contributed by atoms with van der Waals surface area (Å²) in [5, 5.41) is 4.18. The molecule has 4 rings (SSSR count). The molecular weight excluding hydrogens is 388 g/mol. The van der Waals surface area contributed by atoms with Gasteiger partial charge in [0.2, 0.25) is 0 Å². The Morgan fingerprint density at radius 1 is 1.03 bits per heavy atom. The third-order valence-electron chi connectivity index (χ3n) is 4.91. The van der Waals surface area contributed by atoms with Crippen LogP contribution in [0.1, 0.15) is 5.56 Å². The van der Waals surface area contributed by atoms with Gasteiger partial charge >= 0.3 is 0 Å². The first-order valence-corrected chi connectivity index (χ1v) is 11.0. The molecule has 1 saturated heterocycles. The Morgan fingerprint density at radius 3 is 2.48 bits per heavy atom. The third-order valence-corrected chi connectivity index (χ3v) is 6.57. The van der Waals surface area contributed by atoms with Gasteiger partial charge in [-0.2, -0.15) is 13.5 Å². The first kappa shape index (κ1) is 19.5. The lowest BCUT2D eigenvalue weighted by Gasteiger charge is -2.30. The molecule has 29 heavy (non-hydrogen) atoms. The molecule has 0 aliphatic carbocycles. The van der Waals surface area contributed by atoms with Gasteiger partial charge in [-0.3, -0.25) is 8.99 Å². The summed E-state index contributed by atoms with van der Waals surface area (Å²) in [6.07, 6.45) is 1.64. The van der Waals surface area contributed by atoms with E-state index in [4.69, 9.17) is 4.74 Å². The van der Waals surface area contributed by atoms with E-state index in [2.05, 4.69) is 10.00 Å². The number of ether oxygens (including phenoxy) is 1. The lowest BCUT2D eigenvalue weighted by molar-refractivity contribution is 0.122. The van der Waals surface area contributed by atoms with Crippen molar-refractivity contribution in [1.29, 1.82) is 0 Å². The van der Waals surface area contributed by atoms with Crippen molar-refractivity contribution in [2.45, 2.75) is 11.6 Å². The van der Waals surface area contributed by atoms with Crippen LogP contribution in [0.5, 0.6) is 0 Å². The predicted octanol–water partition coefficient (Wildman–Crippen LogP) is 2.65. The summed E-state index contributed by atoms with van der Waals surface area (Å²) in [6, 6.07) is 18.8. The van der Waals surface area contributed by atoms with Crippen molar-refractivity contribution in [3.8, 4) is 0 Å². The molecule has 2 heterocycles. The second kappa shape index (κ2) is 8.26. The Hall–Kier alpha value is -2.84. The summed E-state index contributed by atoms with van der Waals surface area (Å²) in [7, 11) is -2.11. The molecule has 1 aliphatic heterocycles. The van der Waals surface area contributed by atoms with Gasteiger partial charge < -0.3 is 9.64 Å². The second-order valence-corrected chi connectivity index (χ2v) is 8.75. The fourth-order valence-corrected chi connectivity index (χ4v) is 4.78. The number of morpholine rings is 1. The minimum Gasteiger partial charge on any atom is -0.378 e. The summed E-state index contributed by atoms with van der Waals surface area (Å²) < 4.78 is 35.3. The van der Waals surface area contributed by atoms with E-state index in [1.165, 1.54) is 15.1 Å². The highest BCUT2D eigenvalue weighted by atomic mass is 32.2. The van der Waals surface area contributed by atoms with Crippen LogP contribution in [0.4, 0.5) is 11.4 Å². The molecule has 3 aromatic rings. The summed E-state index contributed by atoms with van der Waals surface area (Å²) in [4.78, 5) is 2.21. The maximum absolute atomic E-state index is 13.5. The molecule has 0 spiro atoms. The van der Waals surface area contributed by atoms with Crippen molar-refractivity contribution < 1.29 is 13.2 Å². The Bertz CT molecular complexity index is 1060. The summed E-state index contributed by atoms with van der Waals surface area (Å²) in [6.45, 7) is 3.14. The molecule has 8 heteroatoms. The van der Waals surface area contributed by atoms with Gasteiger partial charge in [-0.1, -0.05) is 36.4 Å². The lowest BCUT2D eigenvalue weighted by Crippen LogP contribution is -2.36. The van der Waals surface area contributed by atoms with E-state index in [0.717, 1.165) is 24.3 Å². The van der Waals surface area contributed by atoms with Gasteiger partial charge in [-0.25, -0.2) is 0 Å². The van der Waals surface area contributed by atoms with Crippen LogP contribution in [-0.2, 0) is 28.4 Å². The van der Waals surface area contributed by atoms with Gasteiger partial charge in [0, 0.05) is 32.0 Å². The number of hydrogen-bond acceptors (Lipinski definition) is 5. The molecule has 0 N–H and O–H groups in total. The topological polar surface area (TPSA) is 67.7 Å². The fraction of sp³-hybridized carbons (Fsp3) is 0.286. The number of sulfonamides is 1. The molecule has 0 atom stereocenters. The van der Waals surface area contributed by atoms with E-state index in [1.54, 1.807) is 13.2 Å². The van der Waals surface area contributed by atoms with Gasteiger partial charge in [0.25, 0.3) is 10.0 Å². The van der Waals surface area contributed by atoms with Crippen LogP contribution in [-0.4, -0.2) is 44.5 Å². The monoisotopic (exact) mass is 412 g/mol. The maximum Gasteiger partial charge on any atom is 0.283 e. The number of rotatable bonds is 6. The fourth-order valence-electron chi connectivity index (χ4n) is 3.37. The molecule has 0 amide bonds. The first-order chi connectivity index (χ1) is 14.0. The van der Waals surface area contributed by atoms with Crippen LogP contribution in [0.3, 0.4) is 0 Å². The first-order valence-electron chi connectivity index (χ1n) is 9.53. The predicted molar refractivity (Wildman–Crippen MR) is 112 cm³/mol. The second-order valence-electron chi connectivity index (χ2n) is 6.94. The zero-order chi connectivity index (χ0) is 20.3. The summed E-state index contributed by atoms with van der Waals surface area (Å²) >= 11 is 0. The minimum atomic E-state index is -3.82. The number of anilines is 2. The van der Waals surface area contributed by atoms with Crippen molar-refractivity contribution in [1.82, 2.24) is 9.78 Å². The standard InChI is InChI=1S/C21H24N4O3S/c1-23-11-10-21(22-23)29(26,27)25(17-18-6-3-2-4-7-18)20-9-5-8-19(16-20)24-12-14-28-15-13-24/h2-11,16H,12-15,17H2,1H3. The molecule has 0 unspecified atom stereocenters. The molecular formula is C21H24N4O3S. The number of aromatic nitrogens is 2. The van der Waals surface area contributed by atoms with Gasteiger partial charge in [0.1, 0.15) is 0 Å². The van der Waals surface area contributed by atoms with Crippen molar-refractivity contribution >= 4 is 21.4 Å². The van der Waals surface area contributed by atoms with Crippen molar-refractivity contribution in [2.24, 2.45) is 7.05 Å². The number of benzene rings is 2. The summed E-state index contributed by atoms with van der Waals surface area (Å²) in [5.74, 6) is 0. The molecule has 0 saturated carbocycles. The van der Waals surface area contributed by atoms with Crippen LogP contribution in [0, 0.1) is 0 Å². The number of hydrogen-bond donors (Lipinski definition) is 0. The smallest absolute Gasteiger partial charge is 0.283 e. The highest BCUT2D eigenvalue weighted by Gasteiger charge is 2.28. The lowest BCUT2D eigenvalue weighted by atomic mass is 10.2. The molecule has 7 nitrogen and oxygen atoms in total. The van der Waals surface area contributed by atoms with Crippen molar-refractivity contribution in [2.75, 3.05) is 35.5 Å². The van der Waals surface area contributed by atoms with Crippen molar-refractivity contribution in [3.05, 3.63) is 72.4 Å². The normalized spacial score (nSPS) is 14.7. The van der Waals surface area contributed by atoms with E-state index in [9.17, 15) is 8.42 Å². The zero-order valence-corrected chi connectivity index (χ0v) is 17.1. The van der Waals surface area contributed by atoms with Crippen LogP contribution in [0.15, 0.2) is 71.9 Å². The van der Waals surface area contributed by atoms with E-state index < -0.39 is 10.0 Å². The highest BCUT2D eigenvalue weighted by Crippen LogP contribution is 2.29. The Morgan fingerprint density at radius 2 is 1.79 bits per heavy atom. The SMILES string of the molecule is Cn1ccc(S(=O)(=O)N(Cc2ccccc2)c2cccc(N3CCOCC3)c2)n1. The van der Waals surface area contributed by atoms with Crippen molar-refractivity contribution in [3.63, 3.8) is 0 Å². The third kappa shape index (κ3) is 4.28. The molecule has 1 aromatic heterocycles. The van der Waals surface area contributed by atoms with Crippen LogP contribution in [0.2, 0.25) is 0 Å². The molecule has 0 bridgehead atoms.